The van der Waals surface area contributed by atoms with E-state index in [1.807, 2.05) is 48.5 Å². The Morgan fingerprint density at radius 3 is 2.81 bits per heavy atom. The summed E-state index contributed by atoms with van der Waals surface area (Å²) in [6, 6.07) is 7.99. The van der Waals surface area contributed by atoms with Crippen LogP contribution in [0.2, 0.25) is 0 Å². The molecule has 0 aliphatic carbocycles. The number of rotatable bonds is 5. The number of carbonyl (C=O) groups excluding carboxylic acids is 1. The monoisotopic (exact) mass is 417 g/mol. The second-order valence-corrected chi connectivity index (χ2v) is 8.00. The van der Waals surface area contributed by atoms with Crippen molar-refractivity contribution in [3.63, 3.8) is 0 Å². The van der Waals surface area contributed by atoms with Gasteiger partial charge >= 0.3 is 0 Å². The van der Waals surface area contributed by atoms with Gasteiger partial charge in [0.2, 0.25) is 0 Å². The van der Waals surface area contributed by atoms with Crippen LogP contribution in [0.5, 0.6) is 0 Å². The van der Waals surface area contributed by atoms with E-state index in [-0.39, 0.29) is 18.0 Å². The number of likely N-dealkylation sites (tertiary alicyclic amines) is 1. The number of quaternary nitrogens is 1. The Bertz CT molecular complexity index is 1160. The summed E-state index contributed by atoms with van der Waals surface area (Å²) in [6.07, 6.45) is 10.2. The number of imidazole rings is 1. The number of nitrogens with zero attached hydrogens (tertiary/aromatic N) is 6. The number of anilines is 1. The molecule has 2 saturated heterocycles. The lowest BCUT2D eigenvalue weighted by Crippen LogP contribution is -2.72. The molecule has 9 nitrogen and oxygen atoms in total. The highest BCUT2D eigenvalue weighted by Crippen LogP contribution is 2.37. The lowest BCUT2D eigenvalue weighted by Gasteiger charge is -2.41. The zero-order valence-corrected chi connectivity index (χ0v) is 17.3. The van der Waals surface area contributed by atoms with Crippen LogP contribution in [-0.4, -0.2) is 62.8 Å². The molecule has 2 aromatic heterocycles. The molecule has 5 rings (SSSR count). The maximum atomic E-state index is 13.4. The number of aryl methyl sites for hydroxylation is 1. The van der Waals surface area contributed by atoms with Crippen LogP contribution < -0.4 is 10.3 Å². The van der Waals surface area contributed by atoms with Crippen molar-refractivity contribution in [2.45, 2.75) is 31.8 Å². The normalized spacial score (nSPS) is 20.7. The molecule has 2 aliphatic rings. The Kier molecular flexibility index (Phi) is 4.95. The van der Waals surface area contributed by atoms with E-state index in [2.05, 4.69) is 19.4 Å². The number of nitrogens with one attached hydrogen (secondary N) is 1. The molecule has 0 saturated carbocycles. The minimum atomic E-state index is 0.0287. The van der Waals surface area contributed by atoms with E-state index in [9.17, 15) is 4.79 Å². The Balaban J connectivity index is 1.40. The highest BCUT2D eigenvalue weighted by atomic mass is 16.2. The molecular formula is C22H25N8O+. The van der Waals surface area contributed by atoms with Gasteiger partial charge in [0.15, 0.2) is 11.5 Å². The zero-order chi connectivity index (χ0) is 21.4. The van der Waals surface area contributed by atoms with Crippen molar-refractivity contribution in [1.29, 1.82) is 5.41 Å². The number of carbonyl (C=O) groups is 1. The van der Waals surface area contributed by atoms with Crippen LogP contribution in [-0.2, 0) is 0 Å². The number of amides is 1. The number of hydrogen-bond acceptors (Lipinski definition) is 6. The second kappa shape index (κ2) is 7.92. The lowest BCUT2D eigenvalue weighted by atomic mass is 10.1. The molecule has 2 aliphatic heterocycles. The number of nitrogens with two attached hydrogens (primary N) is 1. The summed E-state index contributed by atoms with van der Waals surface area (Å²) < 4.78 is 2.07. The van der Waals surface area contributed by atoms with Gasteiger partial charge in [-0.05, 0) is 25.8 Å². The van der Waals surface area contributed by atoms with Crippen LogP contribution in [0.1, 0.15) is 29.0 Å². The number of hydrogen-bond donors (Lipinski definition) is 2. The van der Waals surface area contributed by atoms with Crippen molar-refractivity contribution in [1.82, 2.24) is 19.3 Å². The van der Waals surface area contributed by atoms with E-state index in [0.29, 0.717) is 18.7 Å². The first-order chi connectivity index (χ1) is 15.2. The fourth-order valence-corrected chi connectivity index (χ4v) is 4.82. The molecule has 2 bridgehead atoms. The summed E-state index contributed by atoms with van der Waals surface area (Å²) in [5, 5.41) is 11.2. The van der Waals surface area contributed by atoms with E-state index in [0.717, 1.165) is 41.9 Å². The summed E-state index contributed by atoms with van der Waals surface area (Å²) in [7, 11) is 0. The maximum Gasteiger partial charge on any atom is 0.260 e. The minimum absolute atomic E-state index is 0.0287. The molecule has 0 spiro atoms. The van der Waals surface area contributed by atoms with Gasteiger partial charge in [-0.1, -0.05) is 17.2 Å². The Labute approximate surface area is 179 Å². The average Bonchev–Trinajstić information content (AvgIpc) is 3.26. The van der Waals surface area contributed by atoms with Crippen molar-refractivity contribution in [2.75, 3.05) is 18.0 Å². The molecule has 9 heteroatoms. The van der Waals surface area contributed by atoms with Crippen molar-refractivity contribution in [3.8, 4) is 0 Å². The van der Waals surface area contributed by atoms with Crippen LogP contribution in [0.25, 0.3) is 5.52 Å². The van der Waals surface area contributed by atoms with Crippen LogP contribution in [0, 0.1) is 12.3 Å². The van der Waals surface area contributed by atoms with Gasteiger partial charge in [-0.25, -0.2) is 4.98 Å². The van der Waals surface area contributed by atoms with Gasteiger partial charge < -0.3 is 15.2 Å². The molecular weight excluding hydrogens is 392 g/mol. The lowest BCUT2D eigenvalue weighted by molar-refractivity contribution is -0.577. The Morgan fingerprint density at radius 2 is 2.03 bits per heavy atom. The summed E-state index contributed by atoms with van der Waals surface area (Å²) >= 11 is 0. The van der Waals surface area contributed by atoms with E-state index < -0.39 is 0 Å². The van der Waals surface area contributed by atoms with Gasteiger partial charge in [-0.3, -0.25) is 14.2 Å². The quantitative estimate of drug-likeness (QED) is 0.283. The smallest absolute Gasteiger partial charge is 0.260 e. The topological polar surface area (TPSA) is 107 Å². The molecule has 1 amide bonds. The molecule has 2 unspecified atom stereocenters. The van der Waals surface area contributed by atoms with Crippen LogP contribution >= 0.6 is 0 Å². The third kappa shape index (κ3) is 3.36. The van der Waals surface area contributed by atoms with Crippen molar-refractivity contribution in [3.05, 3.63) is 54.2 Å². The highest BCUT2D eigenvalue weighted by molar-refractivity contribution is 6.14. The standard InChI is InChI=1S/C22H24N8O/c1-15-26-21(20-12-24-10-11-29(15)20)30-16-6-7-17(30)14-28(13-16)22(31)18-4-2-3-5-19(18)27-25-9-8-23/h2-5,8-12,16-17,23,27H,6-7,13-14H2,1H3/p+1/b23-8?,25-9-. The van der Waals surface area contributed by atoms with Crippen molar-refractivity contribution in [2.24, 2.45) is 5.10 Å². The van der Waals surface area contributed by atoms with Crippen LogP contribution in [0.15, 0.2) is 48.0 Å². The molecule has 4 heterocycles. The van der Waals surface area contributed by atoms with E-state index in [4.69, 9.17) is 10.4 Å². The summed E-state index contributed by atoms with van der Waals surface area (Å²) in [5.41, 5.74) is 4.06. The molecule has 2 atom stereocenters. The Hall–Kier alpha value is -3.59. The highest BCUT2D eigenvalue weighted by Gasteiger charge is 2.43. The third-order valence-electron chi connectivity index (χ3n) is 6.18. The predicted octanol–water partition coefficient (Wildman–Crippen LogP) is 1.36. The van der Waals surface area contributed by atoms with Crippen LogP contribution in [0.3, 0.4) is 0 Å². The van der Waals surface area contributed by atoms with Gasteiger partial charge in [-0.2, -0.15) is 5.43 Å². The zero-order valence-electron chi connectivity index (χ0n) is 17.3. The molecule has 158 valence electrons. The molecule has 3 aromatic rings. The number of piperazine rings is 1. The van der Waals surface area contributed by atoms with Crippen LogP contribution in [0.4, 0.5) is 11.5 Å². The predicted molar refractivity (Wildman–Crippen MR) is 118 cm³/mol. The SMILES string of the molecule is Cc1nc(N2C3CCC2CN(C(=O)c2ccccc2[NH2+]/N=C\C=N)C3)c2cnccn12. The summed E-state index contributed by atoms with van der Waals surface area (Å²) in [5.74, 6) is 1.95. The third-order valence-corrected chi connectivity index (χ3v) is 6.18. The number of fused-ring (bicyclic) bond motifs is 3. The summed E-state index contributed by atoms with van der Waals surface area (Å²) in [6.45, 7) is 3.35. The molecule has 0 radical (unpaired) electrons. The second-order valence-electron chi connectivity index (χ2n) is 8.00. The summed E-state index contributed by atoms with van der Waals surface area (Å²) in [4.78, 5) is 26.9. The van der Waals surface area contributed by atoms with Gasteiger partial charge in [0, 0.05) is 49.8 Å². The minimum Gasteiger partial charge on any atom is -0.345 e. The number of aromatic nitrogens is 3. The fraction of sp³-hybridized carbons (Fsp3) is 0.318. The van der Waals surface area contributed by atoms with E-state index in [1.54, 1.807) is 11.6 Å². The van der Waals surface area contributed by atoms with Gasteiger partial charge in [0.1, 0.15) is 23.1 Å². The molecule has 1 aromatic carbocycles. The first kappa shape index (κ1) is 19.4. The Morgan fingerprint density at radius 1 is 1.26 bits per heavy atom. The van der Waals surface area contributed by atoms with Gasteiger partial charge in [-0.15, -0.1) is 0 Å². The van der Waals surface area contributed by atoms with E-state index in [1.165, 1.54) is 6.21 Å². The largest absolute Gasteiger partial charge is 0.345 e. The first-order valence-electron chi connectivity index (χ1n) is 10.5. The van der Waals surface area contributed by atoms with Crippen molar-refractivity contribution >= 4 is 35.4 Å². The maximum absolute atomic E-state index is 13.4. The van der Waals surface area contributed by atoms with E-state index >= 15 is 0 Å². The van der Waals surface area contributed by atoms with Crippen molar-refractivity contribution < 1.29 is 10.2 Å². The molecule has 31 heavy (non-hydrogen) atoms. The molecule has 2 fully saturated rings. The average molecular weight is 417 g/mol. The number of benzene rings is 1. The fourth-order valence-electron chi connectivity index (χ4n) is 4.82. The van der Waals surface area contributed by atoms with Gasteiger partial charge in [0.05, 0.1) is 6.20 Å². The first-order valence-corrected chi connectivity index (χ1v) is 10.5. The molecule has 3 N–H and O–H groups in total. The van der Waals surface area contributed by atoms with Gasteiger partial charge in [0.25, 0.3) is 5.91 Å².